The number of hydrogen-bond acceptors (Lipinski definition) is 5. The lowest BCUT2D eigenvalue weighted by Gasteiger charge is -2.40. The average molecular weight is 362 g/mol. The molecule has 8 heteroatoms. The second-order valence-corrected chi connectivity index (χ2v) is 7.17. The van der Waals surface area contributed by atoms with Gasteiger partial charge < -0.3 is 20.6 Å². The Labute approximate surface area is 152 Å². The second-order valence-electron chi connectivity index (χ2n) is 7.17. The summed E-state index contributed by atoms with van der Waals surface area (Å²) in [6, 6.07) is 7.12. The third-order valence-corrected chi connectivity index (χ3v) is 5.37. The summed E-state index contributed by atoms with van der Waals surface area (Å²) in [5.74, 6) is 0. The molecule has 1 heterocycles. The number of anilines is 1. The van der Waals surface area contributed by atoms with E-state index >= 15 is 0 Å². The lowest BCUT2D eigenvalue weighted by molar-refractivity contribution is -0.384. The minimum atomic E-state index is -0.958. The van der Waals surface area contributed by atoms with Crippen LogP contribution in [0.4, 0.5) is 16.2 Å². The average Bonchev–Trinajstić information content (AvgIpc) is 2.63. The van der Waals surface area contributed by atoms with Gasteiger partial charge >= 0.3 is 6.09 Å². The molecule has 142 valence electrons. The van der Waals surface area contributed by atoms with E-state index in [0.29, 0.717) is 6.04 Å². The SMILES string of the molecule is O=C(O)NC1CCCCC1NC1CCCN(c2ccc([N+](=O)[O-])cc2)C1. The van der Waals surface area contributed by atoms with E-state index in [2.05, 4.69) is 15.5 Å². The van der Waals surface area contributed by atoms with Crippen molar-refractivity contribution >= 4 is 17.5 Å². The third-order valence-electron chi connectivity index (χ3n) is 5.37. The molecule has 3 rings (SSSR count). The van der Waals surface area contributed by atoms with Gasteiger partial charge in [-0.2, -0.15) is 0 Å². The Morgan fingerprint density at radius 3 is 2.46 bits per heavy atom. The molecule has 1 aromatic rings. The van der Waals surface area contributed by atoms with Crippen LogP contribution in [0, 0.1) is 10.1 Å². The van der Waals surface area contributed by atoms with Crippen molar-refractivity contribution in [3.63, 3.8) is 0 Å². The number of benzene rings is 1. The predicted molar refractivity (Wildman–Crippen MR) is 98.7 cm³/mol. The van der Waals surface area contributed by atoms with Crippen LogP contribution in [0.1, 0.15) is 38.5 Å². The van der Waals surface area contributed by atoms with E-state index in [1.165, 1.54) is 0 Å². The van der Waals surface area contributed by atoms with Gasteiger partial charge in [-0.3, -0.25) is 10.1 Å². The van der Waals surface area contributed by atoms with Crippen LogP contribution >= 0.6 is 0 Å². The first-order valence-corrected chi connectivity index (χ1v) is 9.28. The molecule has 2 aliphatic rings. The van der Waals surface area contributed by atoms with Crippen LogP contribution in [0.3, 0.4) is 0 Å². The summed E-state index contributed by atoms with van der Waals surface area (Å²) in [7, 11) is 0. The van der Waals surface area contributed by atoms with E-state index in [1.54, 1.807) is 24.3 Å². The van der Waals surface area contributed by atoms with E-state index in [-0.39, 0.29) is 22.7 Å². The maximum Gasteiger partial charge on any atom is 0.404 e. The molecule has 0 bridgehead atoms. The molecule has 0 spiro atoms. The summed E-state index contributed by atoms with van der Waals surface area (Å²) in [6.07, 6.45) is 5.18. The van der Waals surface area contributed by atoms with Crippen LogP contribution in [0.25, 0.3) is 0 Å². The number of non-ortho nitro benzene ring substituents is 1. The van der Waals surface area contributed by atoms with Gasteiger partial charge in [-0.25, -0.2) is 4.79 Å². The van der Waals surface area contributed by atoms with Crippen molar-refractivity contribution < 1.29 is 14.8 Å². The molecule has 0 aromatic heterocycles. The van der Waals surface area contributed by atoms with Gasteiger partial charge in [0.15, 0.2) is 0 Å². The molecule has 1 aliphatic heterocycles. The fourth-order valence-electron chi connectivity index (χ4n) is 4.10. The normalized spacial score (nSPS) is 26.3. The Bertz CT molecular complexity index is 637. The Morgan fingerprint density at radius 2 is 1.81 bits per heavy atom. The van der Waals surface area contributed by atoms with Gasteiger partial charge in [0.2, 0.25) is 0 Å². The number of carboxylic acid groups (broad SMARTS) is 1. The summed E-state index contributed by atoms with van der Waals surface area (Å²) >= 11 is 0. The van der Waals surface area contributed by atoms with Crippen molar-refractivity contribution in [2.45, 2.75) is 56.7 Å². The van der Waals surface area contributed by atoms with Crippen LogP contribution in [0.15, 0.2) is 24.3 Å². The monoisotopic (exact) mass is 362 g/mol. The predicted octanol–water partition coefficient (Wildman–Crippen LogP) is 2.73. The maximum absolute atomic E-state index is 11.0. The summed E-state index contributed by atoms with van der Waals surface area (Å²) in [5, 5.41) is 26.2. The van der Waals surface area contributed by atoms with Crippen LogP contribution < -0.4 is 15.5 Å². The molecule has 2 fully saturated rings. The fourth-order valence-corrected chi connectivity index (χ4v) is 4.10. The van der Waals surface area contributed by atoms with E-state index in [9.17, 15) is 14.9 Å². The lowest BCUT2D eigenvalue weighted by atomic mass is 9.89. The number of amides is 1. The molecule has 1 aromatic carbocycles. The van der Waals surface area contributed by atoms with Gasteiger partial charge in [0.25, 0.3) is 5.69 Å². The van der Waals surface area contributed by atoms with Crippen LogP contribution in [0.2, 0.25) is 0 Å². The lowest BCUT2D eigenvalue weighted by Crippen LogP contribution is -2.57. The van der Waals surface area contributed by atoms with E-state index in [0.717, 1.165) is 57.3 Å². The van der Waals surface area contributed by atoms with Crippen molar-refractivity contribution in [1.82, 2.24) is 10.6 Å². The Kier molecular flexibility index (Phi) is 5.92. The molecule has 0 radical (unpaired) electrons. The zero-order chi connectivity index (χ0) is 18.5. The Hall–Kier alpha value is -2.35. The molecule has 1 saturated heterocycles. The molecule has 8 nitrogen and oxygen atoms in total. The maximum atomic E-state index is 11.0. The van der Waals surface area contributed by atoms with E-state index in [4.69, 9.17) is 5.11 Å². The first-order valence-electron chi connectivity index (χ1n) is 9.28. The first kappa shape index (κ1) is 18.4. The Morgan fingerprint density at radius 1 is 1.12 bits per heavy atom. The highest BCUT2D eigenvalue weighted by Crippen LogP contribution is 2.25. The van der Waals surface area contributed by atoms with Crippen LogP contribution in [-0.2, 0) is 0 Å². The van der Waals surface area contributed by atoms with Crippen LogP contribution in [0.5, 0.6) is 0 Å². The smallest absolute Gasteiger partial charge is 0.404 e. The van der Waals surface area contributed by atoms with E-state index in [1.807, 2.05) is 0 Å². The summed E-state index contributed by atoms with van der Waals surface area (Å²) in [5.41, 5.74) is 1.09. The quantitative estimate of drug-likeness (QED) is 0.549. The number of hydrogen-bond donors (Lipinski definition) is 3. The highest BCUT2D eigenvalue weighted by atomic mass is 16.6. The third kappa shape index (κ3) is 4.63. The number of nitrogens with zero attached hydrogens (tertiary/aromatic N) is 2. The van der Waals surface area contributed by atoms with E-state index < -0.39 is 6.09 Å². The van der Waals surface area contributed by atoms with Gasteiger partial charge in [-0.05, 0) is 37.8 Å². The number of carbonyl (C=O) groups is 1. The van der Waals surface area contributed by atoms with Crippen molar-refractivity contribution in [1.29, 1.82) is 0 Å². The highest BCUT2D eigenvalue weighted by Gasteiger charge is 2.30. The molecule has 3 atom stereocenters. The first-order chi connectivity index (χ1) is 12.5. The van der Waals surface area contributed by atoms with Crippen molar-refractivity contribution in [3.05, 3.63) is 34.4 Å². The molecule has 3 unspecified atom stereocenters. The van der Waals surface area contributed by atoms with Gasteiger partial charge in [0.1, 0.15) is 0 Å². The summed E-state index contributed by atoms with van der Waals surface area (Å²) in [6.45, 7) is 1.76. The van der Waals surface area contributed by atoms with Gasteiger partial charge in [-0.1, -0.05) is 12.8 Å². The summed E-state index contributed by atoms with van der Waals surface area (Å²) < 4.78 is 0. The van der Waals surface area contributed by atoms with Gasteiger partial charge in [0.05, 0.1) is 4.92 Å². The molecule has 1 amide bonds. The van der Waals surface area contributed by atoms with Gasteiger partial charge in [0, 0.05) is 49.0 Å². The standard InChI is InChI=1S/C18H26N4O4/c23-18(24)20-17-6-2-1-5-16(17)19-13-4-3-11-21(12-13)14-7-9-15(10-8-14)22(25)26/h7-10,13,16-17,19-20H,1-6,11-12H2,(H,23,24). The Balaban J connectivity index is 1.60. The number of rotatable bonds is 5. The molecule has 1 saturated carbocycles. The van der Waals surface area contributed by atoms with Crippen molar-refractivity contribution in [2.75, 3.05) is 18.0 Å². The highest BCUT2D eigenvalue weighted by molar-refractivity contribution is 5.65. The van der Waals surface area contributed by atoms with Crippen molar-refractivity contribution in [3.8, 4) is 0 Å². The molecular weight excluding hydrogens is 336 g/mol. The van der Waals surface area contributed by atoms with Crippen molar-refractivity contribution in [2.24, 2.45) is 0 Å². The topological polar surface area (TPSA) is 108 Å². The zero-order valence-corrected chi connectivity index (χ0v) is 14.8. The fraction of sp³-hybridized carbons (Fsp3) is 0.611. The molecule has 26 heavy (non-hydrogen) atoms. The second kappa shape index (κ2) is 8.35. The number of nitro benzene ring substituents is 1. The minimum absolute atomic E-state index is 0.0315. The molecular formula is C18H26N4O4. The molecule has 1 aliphatic carbocycles. The molecule has 3 N–H and O–H groups in total. The largest absolute Gasteiger partial charge is 0.465 e. The minimum Gasteiger partial charge on any atom is -0.465 e. The number of nitro groups is 1. The summed E-state index contributed by atoms with van der Waals surface area (Å²) in [4.78, 5) is 23.7. The van der Waals surface area contributed by atoms with Gasteiger partial charge in [-0.15, -0.1) is 0 Å². The van der Waals surface area contributed by atoms with Crippen LogP contribution in [-0.4, -0.2) is 47.3 Å². The number of piperidine rings is 1. The zero-order valence-electron chi connectivity index (χ0n) is 14.8. The number of nitrogens with one attached hydrogen (secondary N) is 2.